The molecule has 0 atom stereocenters. The maximum absolute atomic E-state index is 13.1. The molecule has 6 nitrogen and oxygen atoms in total. The normalized spacial score (nSPS) is 17.5. The molecule has 0 radical (unpaired) electrons. The molecule has 7 heteroatoms. The summed E-state index contributed by atoms with van der Waals surface area (Å²) >= 11 is 1.60. The lowest BCUT2D eigenvalue weighted by Crippen LogP contribution is -2.38. The van der Waals surface area contributed by atoms with Gasteiger partial charge in [-0.05, 0) is 67.9 Å². The van der Waals surface area contributed by atoms with Crippen molar-refractivity contribution in [2.45, 2.75) is 42.9 Å². The molecule has 2 aromatic heterocycles. The molecule has 1 aromatic carbocycles. The average Bonchev–Trinajstić information content (AvgIpc) is 3.31. The predicted molar refractivity (Wildman–Crippen MR) is 131 cm³/mol. The molecule has 0 bridgehead atoms. The molecule has 33 heavy (non-hydrogen) atoms. The lowest BCUT2D eigenvalue weighted by molar-refractivity contribution is -0.129. The number of amides is 2. The first kappa shape index (κ1) is 22.0. The van der Waals surface area contributed by atoms with Gasteiger partial charge in [0.25, 0.3) is 5.91 Å². The van der Waals surface area contributed by atoms with E-state index >= 15 is 0 Å². The van der Waals surface area contributed by atoms with Gasteiger partial charge < -0.3 is 9.80 Å². The Morgan fingerprint density at radius 2 is 1.70 bits per heavy atom. The highest BCUT2D eigenvalue weighted by Gasteiger charge is 2.26. The van der Waals surface area contributed by atoms with Crippen molar-refractivity contribution in [3.05, 3.63) is 66.0 Å². The molecule has 2 aliphatic rings. The zero-order valence-corrected chi connectivity index (χ0v) is 19.7. The van der Waals surface area contributed by atoms with Crippen LogP contribution in [0.15, 0.2) is 59.8 Å². The average molecular weight is 463 g/mol. The van der Waals surface area contributed by atoms with Gasteiger partial charge in [0.15, 0.2) is 0 Å². The highest BCUT2D eigenvalue weighted by molar-refractivity contribution is 8.00. The lowest BCUT2D eigenvalue weighted by atomic mass is 9.89. The number of benzene rings is 1. The minimum absolute atomic E-state index is 0.0955. The summed E-state index contributed by atoms with van der Waals surface area (Å²) in [7, 11) is 0. The number of carbonyl (C=O) groups is 2. The molecule has 0 N–H and O–H groups in total. The van der Waals surface area contributed by atoms with Gasteiger partial charge in [0.05, 0.1) is 23.0 Å². The number of carbonyl (C=O) groups excluding carboxylic acids is 2. The van der Waals surface area contributed by atoms with Crippen molar-refractivity contribution < 1.29 is 9.59 Å². The van der Waals surface area contributed by atoms with Crippen LogP contribution in [-0.4, -0.2) is 63.2 Å². The number of likely N-dealkylation sites (tertiary alicyclic amines) is 2. The van der Waals surface area contributed by atoms with Gasteiger partial charge in [0, 0.05) is 37.3 Å². The molecule has 0 aliphatic carbocycles. The summed E-state index contributed by atoms with van der Waals surface area (Å²) in [4.78, 5) is 30.8. The summed E-state index contributed by atoms with van der Waals surface area (Å²) in [6, 6.07) is 14.3. The van der Waals surface area contributed by atoms with Crippen molar-refractivity contribution in [3.8, 4) is 0 Å². The number of fused-ring (bicyclic) bond motifs is 1. The zero-order valence-electron chi connectivity index (χ0n) is 18.9. The van der Waals surface area contributed by atoms with Crippen molar-refractivity contribution in [2.24, 2.45) is 0 Å². The van der Waals surface area contributed by atoms with Gasteiger partial charge in [-0.15, -0.1) is 11.8 Å². The van der Waals surface area contributed by atoms with E-state index in [-0.39, 0.29) is 11.8 Å². The summed E-state index contributed by atoms with van der Waals surface area (Å²) in [5, 5.41) is 4.42. The van der Waals surface area contributed by atoms with E-state index in [9.17, 15) is 9.59 Å². The highest BCUT2D eigenvalue weighted by Crippen LogP contribution is 2.30. The molecule has 0 spiro atoms. The number of thioether (sulfide) groups is 1. The number of rotatable bonds is 5. The maximum Gasteiger partial charge on any atom is 0.257 e. The fraction of sp³-hybridized carbons (Fsp3) is 0.423. The molecule has 2 amide bonds. The third-order valence-electron chi connectivity index (χ3n) is 6.84. The van der Waals surface area contributed by atoms with Crippen LogP contribution < -0.4 is 0 Å². The smallest absolute Gasteiger partial charge is 0.257 e. The minimum Gasteiger partial charge on any atom is -0.342 e. The van der Waals surface area contributed by atoms with Crippen LogP contribution in [0.2, 0.25) is 0 Å². The van der Waals surface area contributed by atoms with E-state index in [1.165, 1.54) is 12.0 Å². The molecule has 0 unspecified atom stereocenters. The zero-order chi connectivity index (χ0) is 22.6. The molecular formula is C26H30N4O2S. The second-order valence-corrected chi connectivity index (χ2v) is 10.0. The van der Waals surface area contributed by atoms with Gasteiger partial charge in [0.2, 0.25) is 5.91 Å². The summed E-state index contributed by atoms with van der Waals surface area (Å²) < 4.78 is 1.81. The Balaban J connectivity index is 1.22. The van der Waals surface area contributed by atoms with E-state index in [2.05, 4.69) is 17.2 Å². The summed E-state index contributed by atoms with van der Waals surface area (Å²) in [5.74, 6) is 1.19. The topological polar surface area (TPSA) is 57.9 Å². The van der Waals surface area contributed by atoms with Gasteiger partial charge in [0.1, 0.15) is 0 Å². The van der Waals surface area contributed by atoms with E-state index in [4.69, 9.17) is 0 Å². The van der Waals surface area contributed by atoms with Crippen molar-refractivity contribution in [2.75, 3.05) is 31.9 Å². The molecule has 0 saturated carbocycles. The third kappa shape index (κ3) is 4.93. The fourth-order valence-electron chi connectivity index (χ4n) is 4.90. The quantitative estimate of drug-likeness (QED) is 0.526. The van der Waals surface area contributed by atoms with Crippen LogP contribution in [0.3, 0.4) is 0 Å². The number of nitrogens with zero attached hydrogens (tertiary/aromatic N) is 4. The Kier molecular flexibility index (Phi) is 6.67. The van der Waals surface area contributed by atoms with Crippen molar-refractivity contribution in [1.29, 1.82) is 0 Å². The number of piperidine rings is 2. The van der Waals surface area contributed by atoms with Crippen LogP contribution in [-0.2, 0) is 4.79 Å². The number of hydrogen-bond acceptors (Lipinski definition) is 4. The molecule has 2 fully saturated rings. The van der Waals surface area contributed by atoms with Gasteiger partial charge in [-0.3, -0.25) is 9.59 Å². The van der Waals surface area contributed by atoms with Gasteiger partial charge >= 0.3 is 0 Å². The molecule has 3 aromatic rings. The lowest BCUT2D eigenvalue weighted by Gasteiger charge is -2.32. The van der Waals surface area contributed by atoms with Crippen molar-refractivity contribution in [3.63, 3.8) is 0 Å². The van der Waals surface area contributed by atoms with Crippen molar-refractivity contribution >= 4 is 29.1 Å². The van der Waals surface area contributed by atoms with Gasteiger partial charge in [-0.25, -0.2) is 4.52 Å². The summed E-state index contributed by atoms with van der Waals surface area (Å²) in [6.07, 6.45) is 8.93. The third-order valence-corrected chi connectivity index (χ3v) is 7.84. The minimum atomic E-state index is 0.0955. The summed E-state index contributed by atoms with van der Waals surface area (Å²) in [6.45, 7) is 3.24. The van der Waals surface area contributed by atoms with E-state index in [1.807, 2.05) is 46.3 Å². The Morgan fingerprint density at radius 3 is 2.45 bits per heavy atom. The van der Waals surface area contributed by atoms with Crippen LogP contribution in [0.1, 0.15) is 53.9 Å². The fourth-order valence-corrected chi connectivity index (χ4v) is 5.72. The van der Waals surface area contributed by atoms with Gasteiger partial charge in [-0.2, -0.15) is 5.10 Å². The van der Waals surface area contributed by atoms with Crippen LogP contribution in [0.5, 0.6) is 0 Å². The van der Waals surface area contributed by atoms with E-state index in [0.29, 0.717) is 17.2 Å². The van der Waals surface area contributed by atoms with Crippen LogP contribution in [0.4, 0.5) is 0 Å². The second kappa shape index (κ2) is 10.00. The molecule has 5 rings (SSSR count). The molecule has 2 saturated heterocycles. The van der Waals surface area contributed by atoms with Crippen LogP contribution >= 0.6 is 11.8 Å². The Hall–Kier alpha value is -2.80. The van der Waals surface area contributed by atoms with E-state index < -0.39 is 0 Å². The number of pyridine rings is 1. The van der Waals surface area contributed by atoms with E-state index in [1.54, 1.807) is 22.5 Å². The Morgan fingerprint density at radius 1 is 0.939 bits per heavy atom. The Labute approximate surface area is 198 Å². The second-order valence-electron chi connectivity index (χ2n) is 8.96. The number of aromatic nitrogens is 2. The first-order chi connectivity index (χ1) is 16.2. The molecule has 2 aliphatic heterocycles. The van der Waals surface area contributed by atoms with E-state index in [0.717, 1.165) is 62.3 Å². The first-order valence-electron chi connectivity index (χ1n) is 11.9. The summed E-state index contributed by atoms with van der Waals surface area (Å²) in [5.41, 5.74) is 2.83. The Bertz CT molecular complexity index is 1120. The molecule has 172 valence electrons. The first-order valence-corrected chi connectivity index (χ1v) is 12.9. The number of hydrogen-bond donors (Lipinski definition) is 0. The monoisotopic (exact) mass is 462 g/mol. The van der Waals surface area contributed by atoms with Gasteiger partial charge in [-0.1, -0.05) is 18.2 Å². The SMILES string of the molecule is O=C(CSc1ccccc1)N1CCC(c2ccn3ncc(C(=O)N4CCCCC4)c3c2)CC1. The maximum atomic E-state index is 13.1. The van der Waals surface area contributed by atoms with Crippen molar-refractivity contribution in [1.82, 2.24) is 19.4 Å². The highest BCUT2D eigenvalue weighted by atomic mass is 32.2. The standard InChI is InChI=1S/C26H30N4O2S/c31-25(19-33-22-7-3-1-4-8-22)28-14-9-20(10-15-28)21-11-16-30-24(17-21)23(18-27-30)26(32)29-12-5-2-6-13-29/h1,3-4,7-8,11,16-18,20H,2,5-6,9-10,12-15,19H2. The largest absolute Gasteiger partial charge is 0.342 e. The van der Waals surface area contributed by atoms with Crippen LogP contribution in [0, 0.1) is 0 Å². The molecule has 4 heterocycles. The van der Waals surface area contributed by atoms with Crippen LogP contribution in [0.25, 0.3) is 5.52 Å². The molecular weight excluding hydrogens is 432 g/mol. The predicted octanol–water partition coefficient (Wildman–Crippen LogP) is 4.46.